The van der Waals surface area contributed by atoms with Gasteiger partial charge in [0, 0.05) is 23.9 Å². The molecule has 0 unspecified atom stereocenters. The summed E-state index contributed by atoms with van der Waals surface area (Å²) in [6.07, 6.45) is 0.944. The molecule has 0 aromatic carbocycles. The third-order valence-electron chi connectivity index (χ3n) is 0.408. The zero-order valence-corrected chi connectivity index (χ0v) is 17.0. The molecule has 0 aliphatic carbocycles. The summed E-state index contributed by atoms with van der Waals surface area (Å²) in [5.41, 5.74) is 10.1. The summed E-state index contributed by atoms with van der Waals surface area (Å²) < 4.78 is 0. The predicted octanol–water partition coefficient (Wildman–Crippen LogP) is -8.68. The Bertz CT molecular complexity index is 215. The third-order valence-corrected chi connectivity index (χ3v) is 0.408. The molecule has 0 aliphatic heterocycles. The molecule has 0 rings (SSSR count). The van der Waals surface area contributed by atoms with Gasteiger partial charge in [-0.15, -0.1) is 0 Å². The van der Waals surface area contributed by atoms with Crippen molar-refractivity contribution in [1.29, 1.82) is 0 Å². The van der Waals surface area contributed by atoms with Crippen LogP contribution >= 0.6 is 0 Å². The van der Waals surface area contributed by atoms with Crippen molar-refractivity contribution in [2.45, 2.75) is 34.1 Å². The number of nitrogens with two attached hydrogens (primary N) is 2. The Labute approximate surface area is 168 Å². The van der Waals surface area contributed by atoms with Gasteiger partial charge >= 0.3 is 46.6 Å². The maximum absolute atomic E-state index is 8.89. The number of carboxylic acids is 4. The van der Waals surface area contributed by atoms with Crippen molar-refractivity contribution in [3.05, 3.63) is 0 Å². The second-order valence-electron chi connectivity index (χ2n) is 2.90. The van der Waals surface area contributed by atoms with Crippen LogP contribution in [-0.2, 0) is 36.2 Å². The summed E-state index contributed by atoms with van der Waals surface area (Å²) in [4.78, 5) is 35.6. The summed E-state index contributed by atoms with van der Waals surface area (Å²) in [7, 11) is 0. The van der Waals surface area contributed by atoms with Crippen LogP contribution in [0.3, 0.4) is 0 Å². The average molecular weight is 389 g/mol. The second-order valence-corrected chi connectivity index (χ2v) is 2.90. The van der Waals surface area contributed by atoms with Crippen LogP contribution in [0.1, 0.15) is 34.1 Å². The Morgan fingerprint density at radius 2 is 0.739 bits per heavy atom. The predicted molar refractivity (Wildman–Crippen MR) is 65.4 cm³/mol. The third kappa shape index (κ3) is 4570. The molecule has 4 N–H and O–H groups in total. The largest absolute Gasteiger partial charge is 3.00 e. The number of hydrogen-bond donors (Lipinski definition) is 2. The van der Waals surface area contributed by atoms with Crippen molar-refractivity contribution in [1.82, 2.24) is 0 Å². The van der Waals surface area contributed by atoms with Gasteiger partial charge in [-0.25, -0.2) is 0 Å². The first kappa shape index (κ1) is 43.2. The maximum atomic E-state index is 8.89. The summed E-state index contributed by atoms with van der Waals surface area (Å²) in [6, 6.07) is 0. The number of carbonyl (C=O) groups excluding carboxylic acids is 4. The molecule has 0 spiro atoms. The number of aliphatic carboxylic acids is 4. The molecule has 0 aliphatic rings. The molecule has 1 radical (unpaired) electrons. The molecule has 0 saturated heterocycles. The Balaban J connectivity index is -0.0000000273. The minimum absolute atomic E-state index is 0. The van der Waals surface area contributed by atoms with E-state index in [0.29, 0.717) is 0 Å². The van der Waals surface area contributed by atoms with Gasteiger partial charge in [0.1, 0.15) is 0 Å². The number of hydrogen-bond acceptors (Lipinski definition) is 10. The molecule has 0 fully saturated rings. The van der Waals surface area contributed by atoms with E-state index >= 15 is 0 Å². The fraction of sp³-hybridized carbons (Fsp3) is 0.636. The van der Waals surface area contributed by atoms with E-state index < -0.39 is 23.9 Å². The van der Waals surface area contributed by atoms with Gasteiger partial charge in [-0.2, -0.15) is 0 Å². The molecule has 12 heteroatoms. The monoisotopic (exact) mass is 389 g/mol. The minimum atomic E-state index is -1.08. The van der Waals surface area contributed by atoms with E-state index in [-0.39, 0.29) is 46.6 Å². The van der Waals surface area contributed by atoms with E-state index in [4.69, 9.17) is 51.1 Å². The number of carbonyl (C=O) groups is 4. The van der Waals surface area contributed by atoms with Crippen molar-refractivity contribution in [3.63, 3.8) is 0 Å². The van der Waals surface area contributed by atoms with Crippen molar-refractivity contribution in [3.8, 4) is 0 Å². The Morgan fingerprint density at radius 1 is 0.652 bits per heavy atom. The van der Waals surface area contributed by atoms with Crippen molar-refractivity contribution < 1.29 is 86.2 Å². The molecule has 0 bridgehead atoms. The smallest absolute Gasteiger partial charge is 0.550 e. The van der Waals surface area contributed by atoms with Crippen molar-refractivity contribution in [2.75, 3.05) is 13.1 Å². The molecular formula is C11H22FeN2NaO8. The molecule has 10 nitrogen and oxygen atoms in total. The summed E-state index contributed by atoms with van der Waals surface area (Å²) in [5, 5.41) is 35.6. The van der Waals surface area contributed by atoms with Gasteiger partial charge in [0.05, 0.1) is 0 Å². The van der Waals surface area contributed by atoms with Gasteiger partial charge in [0.25, 0.3) is 0 Å². The van der Waals surface area contributed by atoms with Crippen LogP contribution in [0.2, 0.25) is 0 Å². The van der Waals surface area contributed by atoms with Crippen molar-refractivity contribution >= 4 is 23.9 Å². The standard InChI is InChI=1S/C3H10N2.4C2H4O2.Fe.Na/c4-2-1-3-5;4*1-2(3)4;;/h1-5H2;4*1H3,(H,3,4);;/q;;;;;+3;+1/p-4. The van der Waals surface area contributed by atoms with E-state index in [2.05, 4.69) is 0 Å². The van der Waals surface area contributed by atoms with Gasteiger partial charge in [-0.1, -0.05) is 0 Å². The van der Waals surface area contributed by atoms with Crippen LogP contribution < -0.4 is 61.5 Å². The van der Waals surface area contributed by atoms with Gasteiger partial charge in [-0.05, 0) is 47.2 Å². The van der Waals surface area contributed by atoms with Crippen LogP contribution in [-0.4, -0.2) is 37.0 Å². The maximum Gasteiger partial charge on any atom is 3.00 e. The van der Waals surface area contributed by atoms with Crippen molar-refractivity contribution in [2.24, 2.45) is 11.5 Å². The van der Waals surface area contributed by atoms with Gasteiger partial charge in [0.15, 0.2) is 0 Å². The Kier molecular flexibility index (Phi) is 80.7. The fourth-order valence-electron chi connectivity index (χ4n) is 0.118. The van der Waals surface area contributed by atoms with Crippen LogP contribution in [0.15, 0.2) is 0 Å². The Morgan fingerprint density at radius 3 is 0.739 bits per heavy atom. The zero-order chi connectivity index (χ0) is 18.4. The second kappa shape index (κ2) is 42.9. The molecule has 0 aromatic rings. The van der Waals surface area contributed by atoms with E-state index in [1.807, 2.05) is 0 Å². The normalized spacial score (nSPS) is 6.17. The van der Waals surface area contributed by atoms with Crippen LogP contribution in [0.25, 0.3) is 0 Å². The van der Waals surface area contributed by atoms with E-state index in [0.717, 1.165) is 47.2 Å². The zero-order valence-electron chi connectivity index (χ0n) is 13.9. The fourth-order valence-corrected chi connectivity index (χ4v) is 0.118. The first-order chi connectivity index (χ1) is 9.34. The summed E-state index contributed by atoms with van der Waals surface area (Å²) in [6.45, 7) is 5.33. The van der Waals surface area contributed by atoms with E-state index in [1.54, 1.807) is 0 Å². The first-order valence-corrected chi connectivity index (χ1v) is 5.45. The van der Waals surface area contributed by atoms with Crippen LogP contribution in [0.5, 0.6) is 0 Å². The SMILES string of the molecule is CC(=O)[O-].CC(=O)[O-].CC(=O)[O-].CC(=O)[O-].NCCCN.[Fe+3].[Na+]. The van der Waals surface area contributed by atoms with E-state index in [1.165, 1.54) is 0 Å². The number of rotatable bonds is 2. The van der Waals surface area contributed by atoms with Crippen LogP contribution in [0, 0.1) is 0 Å². The molecule has 23 heavy (non-hydrogen) atoms. The van der Waals surface area contributed by atoms with Gasteiger partial charge < -0.3 is 51.1 Å². The van der Waals surface area contributed by atoms with E-state index in [9.17, 15) is 0 Å². The molecule has 0 saturated carbocycles. The topological polar surface area (TPSA) is 213 Å². The number of carboxylic acid groups (broad SMARTS) is 4. The average Bonchev–Trinajstić information content (AvgIpc) is 2.14. The molecular weight excluding hydrogens is 367 g/mol. The minimum Gasteiger partial charge on any atom is -0.550 e. The molecule has 0 atom stereocenters. The molecule has 0 heterocycles. The molecule has 0 aromatic heterocycles. The Hall–Kier alpha value is -0.681. The first-order valence-electron chi connectivity index (χ1n) is 5.45. The molecule has 0 amide bonds. The quantitative estimate of drug-likeness (QED) is 0.425. The van der Waals surface area contributed by atoms with Gasteiger partial charge in [-0.3, -0.25) is 0 Å². The van der Waals surface area contributed by atoms with Crippen LogP contribution in [0.4, 0.5) is 0 Å². The summed E-state index contributed by atoms with van der Waals surface area (Å²) in [5.74, 6) is -4.33. The molecule has 133 valence electrons. The van der Waals surface area contributed by atoms with Gasteiger partial charge in [0.2, 0.25) is 0 Å². The summed E-state index contributed by atoms with van der Waals surface area (Å²) >= 11 is 0.